The first-order valence-electron chi connectivity index (χ1n) is 5.08. The van der Waals surface area contributed by atoms with E-state index in [-0.39, 0.29) is 5.82 Å². The van der Waals surface area contributed by atoms with Crippen LogP contribution >= 0.6 is 11.6 Å². The molecule has 0 N–H and O–H groups in total. The molecule has 0 saturated carbocycles. The molecule has 1 aromatic heterocycles. The third-order valence-corrected chi connectivity index (χ3v) is 2.73. The fourth-order valence-corrected chi connectivity index (χ4v) is 1.76. The van der Waals surface area contributed by atoms with Crippen LogP contribution in [-0.4, -0.2) is 12.1 Å². The third-order valence-electron chi connectivity index (χ3n) is 2.42. The molecule has 0 aliphatic rings. The van der Waals surface area contributed by atoms with E-state index in [2.05, 4.69) is 4.98 Å². The first kappa shape index (κ1) is 11.9. The summed E-state index contributed by atoms with van der Waals surface area (Å²) in [6, 6.07) is 6.25. The highest BCUT2D eigenvalue weighted by Gasteiger charge is 2.08. The highest BCUT2D eigenvalue weighted by Crippen LogP contribution is 2.30. The number of nitrogens with zero attached hydrogens (tertiary/aromatic N) is 1. The lowest BCUT2D eigenvalue weighted by molar-refractivity contribution is 0.415. The van der Waals surface area contributed by atoms with E-state index in [0.717, 1.165) is 11.1 Å². The summed E-state index contributed by atoms with van der Waals surface area (Å²) in [6.07, 6.45) is 3.34. The second kappa shape index (κ2) is 5.15. The molecule has 0 bridgehead atoms. The van der Waals surface area contributed by atoms with Crippen molar-refractivity contribution in [3.8, 4) is 16.9 Å². The van der Waals surface area contributed by atoms with Gasteiger partial charge in [0, 0.05) is 29.4 Å². The molecule has 1 aromatic carbocycles. The average Bonchev–Trinajstić information content (AvgIpc) is 2.39. The molecule has 2 rings (SSSR count). The van der Waals surface area contributed by atoms with Crippen LogP contribution in [0.1, 0.15) is 5.56 Å². The van der Waals surface area contributed by atoms with Crippen LogP contribution in [0.2, 0.25) is 0 Å². The largest absolute Gasteiger partial charge is 0.496 e. The highest BCUT2D eigenvalue weighted by molar-refractivity contribution is 6.17. The average molecular weight is 252 g/mol. The lowest BCUT2D eigenvalue weighted by atomic mass is 10.1. The van der Waals surface area contributed by atoms with Crippen LogP contribution in [0.5, 0.6) is 5.75 Å². The summed E-state index contributed by atoms with van der Waals surface area (Å²) in [7, 11) is 1.55. The third kappa shape index (κ3) is 2.56. The SMILES string of the molecule is COc1ccc(F)cc1-c1cncc(CCl)c1. The zero-order valence-corrected chi connectivity index (χ0v) is 10.0. The second-order valence-corrected chi connectivity index (χ2v) is 3.83. The van der Waals surface area contributed by atoms with Gasteiger partial charge in [-0.05, 0) is 29.8 Å². The van der Waals surface area contributed by atoms with Gasteiger partial charge in [-0.15, -0.1) is 11.6 Å². The summed E-state index contributed by atoms with van der Waals surface area (Å²) in [5.74, 6) is 0.676. The minimum atomic E-state index is -0.308. The smallest absolute Gasteiger partial charge is 0.126 e. The molecule has 17 heavy (non-hydrogen) atoms. The van der Waals surface area contributed by atoms with Gasteiger partial charge in [0.25, 0.3) is 0 Å². The predicted octanol–water partition coefficient (Wildman–Crippen LogP) is 3.64. The van der Waals surface area contributed by atoms with Gasteiger partial charge in [0.15, 0.2) is 0 Å². The van der Waals surface area contributed by atoms with Crippen molar-refractivity contribution < 1.29 is 9.13 Å². The van der Waals surface area contributed by atoms with Gasteiger partial charge in [-0.25, -0.2) is 4.39 Å². The van der Waals surface area contributed by atoms with E-state index in [0.29, 0.717) is 17.2 Å². The first-order valence-corrected chi connectivity index (χ1v) is 5.62. The van der Waals surface area contributed by atoms with Gasteiger partial charge in [-0.1, -0.05) is 0 Å². The van der Waals surface area contributed by atoms with Crippen molar-refractivity contribution in [1.29, 1.82) is 0 Å². The van der Waals surface area contributed by atoms with Gasteiger partial charge in [-0.2, -0.15) is 0 Å². The molecule has 0 aliphatic carbocycles. The van der Waals surface area contributed by atoms with Gasteiger partial charge < -0.3 is 4.74 Å². The molecule has 0 saturated heterocycles. The van der Waals surface area contributed by atoms with Crippen LogP contribution in [0.15, 0.2) is 36.7 Å². The molecule has 88 valence electrons. The molecular formula is C13H11ClFNO. The molecule has 0 aliphatic heterocycles. The molecule has 0 unspecified atom stereocenters. The fraction of sp³-hybridized carbons (Fsp3) is 0.154. The molecule has 1 heterocycles. The van der Waals surface area contributed by atoms with E-state index in [9.17, 15) is 4.39 Å². The Hall–Kier alpha value is -1.61. The van der Waals surface area contributed by atoms with Crippen molar-refractivity contribution in [1.82, 2.24) is 4.98 Å². The van der Waals surface area contributed by atoms with Crippen LogP contribution in [0.25, 0.3) is 11.1 Å². The topological polar surface area (TPSA) is 22.1 Å². The second-order valence-electron chi connectivity index (χ2n) is 3.56. The number of aromatic nitrogens is 1. The van der Waals surface area contributed by atoms with E-state index in [4.69, 9.17) is 16.3 Å². The van der Waals surface area contributed by atoms with Gasteiger partial charge in [-0.3, -0.25) is 4.98 Å². The summed E-state index contributed by atoms with van der Waals surface area (Å²) in [4.78, 5) is 4.07. The first-order chi connectivity index (χ1) is 8.24. The molecule has 0 amide bonds. The van der Waals surface area contributed by atoms with E-state index >= 15 is 0 Å². The van der Waals surface area contributed by atoms with Gasteiger partial charge >= 0.3 is 0 Å². The summed E-state index contributed by atoms with van der Waals surface area (Å²) in [5, 5.41) is 0. The summed E-state index contributed by atoms with van der Waals surface area (Å²) in [5.41, 5.74) is 2.35. The normalized spacial score (nSPS) is 10.3. The number of ether oxygens (including phenoxy) is 1. The zero-order valence-electron chi connectivity index (χ0n) is 9.28. The lowest BCUT2D eigenvalue weighted by Gasteiger charge is -2.09. The highest BCUT2D eigenvalue weighted by atomic mass is 35.5. The minimum absolute atomic E-state index is 0.308. The Morgan fingerprint density at radius 3 is 2.82 bits per heavy atom. The number of methoxy groups -OCH3 is 1. The maximum Gasteiger partial charge on any atom is 0.126 e. The number of benzene rings is 1. The molecule has 0 radical (unpaired) electrons. The van der Waals surface area contributed by atoms with Crippen LogP contribution in [0, 0.1) is 5.82 Å². The number of rotatable bonds is 3. The van der Waals surface area contributed by atoms with Crippen LogP contribution in [-0.2, 0) is 5.88 Å². The molecule has 2 aromatic rings. The maximum atomic E-state index is 13.2. The van der Waals surface area contributed by atoms with E-state index < -0.39 is 0 Å². The van der Waals surface area contributed by atoms with Crippen molar-refractivity contribution in [2.75, 3.05) is 7.11 Å². The molecule has 0 atom stereocenters. The molecule has 0 fully saturated rings. The van der Waals surface area contributed by atoms with Crippen molar-refractivity contribution in [2.45, 2.75) is 5.88 Å². The Morgan fingerprint density at radius 1 is 1.29 bits per heavy atom. The van der Waals surface area contributed by atoms with Gasteiger partial charge in [0.2, 0.25) is 0 Å². The van der Waals surface area contributed by atoms with Crippen molar-refractivity contribution in [3.05, 3.63) is 48.0 Å². The van der Waals surface area contributed by atoms with Crippen LogP contribution in [0.3, 0.4) is 0 Å². The molecule has 2 nitrogen and oxygen atoms in total. The van der Waals surface area contributed by atoms with Crippen LogP contribution in [0.4, 0.5) is 4.39 Å². The van der Waals surface area contributed by atoms with E-state index in [1.54, 1.807) is 25.6 Å². The Labute approximate surface area is 104 Å². The number of hydrogen-bond acceptors (Lipinski definition) is 2. The predicted molar refractivity (Wildman–Crippen MR) is 65.7 cm³/mol. The molecular weight excluding hydrogens is 241 g/mol. The quantitative estimate of drug-likeness (QED) is 0.777. The lowest BCUT2D eigenvalue weighted by Crippen LogP contribution is -1.91. The number of pyridine rings is 1. The van der Waals surface area contributed by atoms with Gasteiger partial charge in [0.1, 0.15) is 11.6 Å². The Morgan fingerprint density at radius 2 is 2.12 bits per heavy atom. The summed E-state index contributed by atoms with van der Waals surface area (Å²) < 4.78 is 18.5. The number of hydrogen-bond donors (Lipinski definition) is 0. The number of alkyl halides is 1. The minimum Gasteiger partial charge on any atom is -0.496 e. The van der Waals surface area contributed by atoms with Crippen molar-refractivity contribution in [2.24, 2.45) is 0 Å². The van der Waals surface area contributed by atoms with Crippen molar-refractivity contribution in [3.63, 3.8) is 0 Å². The summed E-state index contributed by atoms with van der Waals surface area (Å²) >= 11 is 5.75. The van der Waals surface area contributed by atoms with Crippen molar-refractivity contribution >= 4 is 11.6 Å². The zero-order chi connectivity index (χ0) is 12.3. The molecule has 4 heteroatoms. The number of halogens is 2. The standard InChI is InChI=1S/C13H11ClFNO/c1-17-13-3-2-11(15)5-12(13)10-4-9(6-14)7-16-8-10/h2-5,7-8H,6H2,1H3. The van der Waals surface area contributed by atoms with Crippen LogP contribution < -0.4 is 4.74 Å². The molecule has 0 spiro atoms. The maximum absolute atomic E-state index is 13.2. The monoisotopic (exact) mass is 251 g/mol. The van der Waals surface area contributed by atoms with E-state index in [1.165, 1.54) is 12.1 Å². The Kier molecular flexibility index (Phi) is 3.59. The van der Waals surface area contributed by atoms with E-state index in [1.807, 2.05) is 6.07 Å². The fourth-order valence-electron chi connectivity index (χ4n) is 1.61. The Balaban J connectivity index is 2.54. The van der Waals surface area contributed by atoms with Gasteiger partial charge in [0.05, 0.1) is 7.11 Å². The Bertz CT molecular complexity index is 531. The summed E-state index contributed by atoms with van der Waals surface area (Å²) in [6.45, 7) is 0.